The van der Waals surface area contributed by atoms with Crippen molar-refractivity contribution in [1.29, 1.82) is 0 Å². The molecule has 198 valence electrons. The lowest BCUT2D eigenvalue weighted by atomic mass is 10.0. The number of aliphatic hydroxyl groups is 1. The van der Waals surface area contributed by atoms with Gasteiger partial charge >= 0.3 is 5.97 Å². The summed E-state index contributed by atoms with van der Waals surface area (Å²) in [5.41, 5.74) is 3.81. The van der Waals surface area contributed by atoms with E-state index in [4.69, 9.17) is 4.74 Å². The molecule has 3 aromatic rings. The van der Waals surface area contributed by atoms with E-state index in [1.807, 2.05) is 79.7 Å². The molecule has 3 rings (SSSR count). The van der Waals surface area contributed by atoms with Gasteiger partial charge in [0.05, 0.1) is 23.0 Å². The van der Waals surface area contributed by atoms with Crippen LogP contribution in [0.5, 0.6) is 0 Å². The van der Waals surface area contributed by atoms with Crippen LogP contribution in [0, 0.1) is 26.7 Å². The summed E-state index contributed by atoms with van der Waals surface area (Å²) in [6, 6.07) is 21.5. The molecule has 3 aromatic carbocycles. The molecule has 0 aromatic heterocycles. The third-order valence-corrected chi connectivity index (χ3v) is 8.95. The zero-order chi connectivity index (χ0) is 27.3. The minimum Gasteiger partial charge on any atom is -0.455 e. The van der Waals surface area contributed by atoms with E-state index in [0.29, 0.717) is 16.7 Å². The lowest BCUT2D eigenvalue weighted by Crippen LogP contribution is -2.43. The molecular formula is C30H37NO5S. The van der Waals surface area contributed by atoms with E-state index in [0.717, 1.165) is 11.1 Å². The summed E-state index contributed by atoms with van der Waals surface area (Å²) < 4.78 is 36.0. The fourth-order valence-corrected chi connectivity index (χ4v) is 6.60. The van der Waals surface area contributed by atoms with Crippen LogP contribution in [0.3, 0.4) is 0 Å². The van der Waals surface area contributed by atoms with Crippen LogP contribution >= 0.6 is 0 Å². The summed E-state index contributed by atoms with van der Waals surface area (Å²) in [4.78, 5) is 13.2. The number of hydrogen-bond acceptors (Lipinski definition) is 5. The first-order chi connectivity index (χ1) is 17.4. The van der Waals surface area contributed by atoms with Crippen LogP contribution in [0.4, 0.5) is 0 Å². The van der Waals surface area contributed by atoms with Gasteiger partial charge in [-0.2, -0.15) is 4.31 Å². The number of carbonyl (C=O) groups excluding carboxylic acids is 1. The number of carbonyl (C=O) groups is 1. The van der Waals surface area contributed by atoms with Gasteiger partial charge in [0.15, 0.2) is 0 Å². The van der Waals surface area contributed by atoms with Gasteiger partial charge in [-0.15, -0.1) is 0 Å². The van der Waals surface area contributed by atoms with Crippen LogP contribution in [0.2, 0.25) is 0 Å². The van der Waals surface area contributed by atoms with Crippen molar-refractivity contribution in [2.75, 3.05) is 0 Å². The van der Waals surface area contributed by atoms with Crippen LogP contribution in [-0.4, -0.2) is 35.9 Å². The normalized spacial score (nSPS) is 15.1. The quantitative estimate of drug-likeness (QED) is 0.355. The average Bonchev–Trinajstić information content (AvgIpc) is 2.85. The fourth-order valence-electron chi connectivity index (χ4n) is 4.57. The second-order valence-electron chi connectivity index (χ2n) is 9.80. The van der Waals surface area contributed by atoms with E-state index in [1.54, 1.807) is 27.7 Å². The third-order valence-electron chi connectivity index (χ3n) is 6.71. The van der Waals surface area contributed by atoms with Crippen LogP contribution in [-0.2, 0) is 26.1 Å². The standard InChI is InChI=1S/C30H37NO5S/c1-20-17-21(2)29(22(3)18-20)37(34,35)31(19-26-13-9-7-10-14-26)24(5)28(27-15-11-8-12-16-27)36-30(33)23(4)25(6)32/h7-18,23-25,28,32H,19H2,1-6H3/t23-,24+,25-,28+/m1/s1. The Hall–Kier alpha value is -3.00. The molecule has 0 aliphatic rings. The van der Waals surface area contributed by atoms with Gasteiger partial charge in [-0.1, -0.05) is 78.4 Å². The molecule has 0 amide bonds. The van der Waals surface area contributed by atoms with Crippen LogP contribution in [0.25, 0.3) is 0 Å². The summed E-state index contributed by atoms with van der Waals surface area (Å²) in [6.45, 7) is 10.5. The molecule has 0 saturated heterocycles. The zero-order valence-electron chi connectivity index (χ0n) is 22.4. The molecule has 4 atom stereocenters. The zero-order valence-corrected chi connectivity index (χ0v) is 23.2. The van der Waals surface area contributed by atoms with Crippen LogP contribution in [0.1, 0.15) is 54.7 Å². The topological polar surface area (TPSA) is 83.9 Å². The first kappa shape index (κ1) is 28.6. The monoisotopic (exact) mass is 523 g/mol. The second-order valence-corrected chi connectivity index (χ2v) is 11.6. The first-order valence-electron chi connectivity index (χ1n) is 12.5. The smallest absolute Gasteiger partial charge is 0.311 e. The number of ether oxygens (including phenoxy) is 1. The van der Waals surface area contributed by atoms with Gasteiger partial charge in [0.25, 0.3) is 0 Å². The number of aryl methyl sites for hydroxylation is 3. The van der Waals surface area contributed by atoms with Crippen molar-refractivity contribution < 1.29 is 23.1 Å². The molecule has 0 bridgehead atoms. The maximum Gasteiger partial charge on any atom is 0.311 e. The van der Waals surface area contributed by atoms with Gasteiger partial charge in [0.1, 0.15) is 6.10 Å². The highest BCUT2D eigenvalue weighted by Gasteiger charge is 2.38. The van der Waals surface area contributed by atoms with E-state index in [2.05, 4.69) is 0 Å². The van der Waals surface area contributed by atoms with E-state index < -0.39 is 40.2 Å². The molecule has 7 heteroatoms. The Morgan fingerprint density at radius 3 is 1.92 bits per heavy atom. The average molecular weight is 524 g/mol. The van der Waals surface area contributed by atoms with Gasteiger partial charge in [0.2, 0.25) is 10.0 Å². The number of sulfonamides is 1. The first-order valence-corrected chi connectivity index (χ1v) is 13.9. The summed E-state index contributed by atoms with van der Waals surface area (Å²) in [7, 11) is -4.01. The van der Waals surface area contributed by atoms with Gasteiger partial charge in [-0.05, 0) is 63.8 Å². The van der Waals surface area contributed by atoms with Gasteiger partial charge < -0.3 is 9.84 Å². The van der Waals surface area contributed by atoms with Gasteiger partial charge in [-0.3, -0.25) is 4.79 Å². The van der Waals surface area contributed by atoms with Crippen molar-refractivity contribution in [3.8, 4) is 0 Å². The van der Waals surface area contributed by atoms with E-state index in [-0.39, 0.29) is 11.4 Å². The molecular weight excluding hydrogens is 486 g/mol. The Kier molecular flexibility index (Phi) is 9.29. The van der Waals surface area contributed by atoms with Crippen molar-refractivity contribution in [2.24, 2.45) is 5.92 Å². The van der Waals surface area contributed by atoms with Gasteiger partial charge in [0, 0.05) is 6.54 Å². The maximum absolute atomic E-state index is 14.3. The molecule has 0 fully saturated rings. The SMILES string of the molecule is Cc1cc(C)c(S(=O)(=O)N(Cc2ccccc2)[C@@H](C)[C@H](OC(=O)[C@H](C)[C@@H](C)O)c2ccccc2)c(C)c1. The number of hydrogen-bond donors (Lipinski definition) is 1. The minimum absolute atomic E-state index is 0.101. The Labute approximate surface area is 221 Å². The largest absolute Gasteiger partial charge is 0.455 e. The predicted molar refractivity (Wildman–Crippen MR) is 145 cm³/mol. The molecule has 0 spiro atoms. The molecule has 6 nitrogen and oxygen atoms in total. The highest BCUT2D eigenvalue weighted by atomic mass is 32.2. The number of benzene rings is 3. The third kappa shape index (κ3) is 6.66. The molecule has 0 heterocycles. The highest BCUT2D eigenvalue weighted by Crippen LogP contribution is 2.34. The lowest BCUT2D eigenvalue weighted by molar-refractivity contribution is -0.160. The summed E-state index contributed by atoms with van der Waals surface area (Å²) in [5.74, 6) is -1.35. The van der Waals surface area contributed by atoms with Gasteiger partial charge in [-0.25, -0.2) is 8.42 Å². The Morgan fingerprint density at radius 1 is 0.892 bits per heavy atom. The summed E-state index contributed by atoms with van der Waals surface area (Å²) >= 11 is 0. The maximum atomic E-state index is 14.3. The van der Waals surface area contributed by atoms with Crippen molar-refractivity contribution in [3.05, 3.63) is 101 Å². The highest BCUT2D eigenvalue weighted by molar-refractivity contribution is 7.89. The fraction of sp³-hybridized carbons (Fsp3) is 0.367. The molecule has 0 aliphatic heterocycles. The Balaban J connectivity index is 2.15. The predicted octanol–water partition coefficient (Wildman–Crippen LogP) is 5.49. The van der Waals surface area contributed by atoms with Crippen molar-refractivity contribution >= 4 is 16.0 Å². The number of nitrogens with zero attached hydrogens (tertiary/aromatic N) is 1. The van der Waals surface area contributed by atoms with Crippen molar-refractivity contribution in [1.82, 2.24) is 4.31 Å². The van der Waals surface area contributed by atoms with E-state index in [9.17, 15) is 18.3 Å². The van der Waals surface area contributed by atoms with E-state index >= 15 is 0 Å². The Bertz CT molecular complexity index is 1280. The lowest BCUT2D eigenvalue weighted by Gasteiger charge is -2.35. The number of rotatable bonds is 10. The Morgan fingerprint density at radius 2 is 1.41 bits per heavy atom. The van der Waals surface area contributed by atoms with Crippen molar-refractivity contribution in [3.63, 3.8) is 0 Å². The molecule has 0 saturated carbocycles. The molecule has 0 unspecified atom stereocenters. The molecule has 1 N–H and O–H groups in total. The second kappa shape index (κ2) is 12.0. The van der Waals surface area contributed by atoms with Crippen LogP contribution < -0.4 is 0 Å². The molecule has 37 heavy (non-hydrogen) atoms. The number of aliphatic hydroxyl groups excluding tert-OH is 1. The van der Waals surface area contributed by atoms with Crippen LogP contribution in [0.15, 0.2) is 77.7 Å². The summed E-state index contributed by atoms with van der Waals surface area (Å²) in [5, 5.41) is 9.97. The van der Waals surface area contributed by atoms with Crippen molar-refractivity contribution in [2.45, 2.75) is 71.2 Å². The van der Waals surface area contributed by atoms with E-state index in [1.165, 1.54) is 11.2 Å². The molecule has 0 aliphatic carbocycles. The molecule has 0 radical (unpaired) electrons. The number of esters is 1. The minimum atomic E-state index is -4.01. The summed E-state index contributed by atoms with van der Waals surface area (Å²) in [6.07, 6.45) is -1.79.